The molecule has 0 spiro atoms. The third-order valence-electron chi connectivity index (χ3n) is 5.74. The van der Waals surface area contributed by atoms with Crippen LogP contribution in [0.25, 0.3) is 0 Å². The van der Waals surface area contributed by atoms with Gasteiger partial charge >= 0.3 is 5.97 Å². The van der Waals surface area contributed by atoms with Gasteiger partial charge in [-0.05, 0) is 49.1 Å². The van der Waals surface area contributed by atoms with Crippen LogP contribution in [-0.2, 0) is 20.7 Å². The highest BCUT2D eigenvalue weighted by molar-refractivity contribution is 5.83. The first kappa shape index (κ1) is 17.5. The summed E-state index contributed by atoms with van der Waals surface area (Å²) in [5, 5.41) is 12.2. The van der Waals surface area contributed by atoms with Crippen molar-refractivity contribution >= 4 is 11.9 Å². The highest BCUT2D eigenvalue weighted by Crippen LogP contribution is 2.34. The lowest BCUT2D eigenvalue weighted by molar-refractivity contribution is -0.141. The Kier molecular flexibility index (Phi) is 4.96. The maximum Gasteiger partial charge on any atom is 0.317 e. The van der Waals surface area contributed by atoms with E-state index in [1.54, 1.807) is 0 Å². The Hall–Kier alpha value is -1.92. The van der Waals surface area contributed by atoms with Crippen LogP contribution in [0.4, 0.5) is 0 Å². The van der Waals surface area contributed by atoms with Crippen molar-refractivity contribution in [1.29, 1.82) is 0 Å². The highest BCUT2D eigenvalue weighted by atomic mass is 16.5. The molecular weight excluding hydrogens is 332 g/mol. The quantitative estimate of drug-likeness (QED) is 0.776. The molecule has 4 rings (SSSR count). The molecule has 1 heterocycles. The van der Waals surface area contributed by atoms with Crippen LogP contribution in [0.1, 0.15) is 42.9 Å². The lowest BCUT2D eigenvalue weighted by atomic mass is 9.84. The van der Waals surface area contributed by atoms with Crippen molar-refractivity contribution < 1.29 is 19.4 Å². The molecule has 0 radical (unpaired) electrons. The molecule has 26 heavy (non-hydrogen) atoms. The number of benzene rings is 1. The lowest BCUT2D eigenvalue weighted by Crippen LogP contribution is -2.56. The van der Waals surface area contributed by atoms with Crippen LogP contribution in [0.2, 0.25) is 0 Å². The number of carbonyl (C=O) groups excluding carboxylic acids is 1. The topological polar surface area (TPSA) is 78.9 Å². The lowest BCUT2D eigenvalue weighted by Gasteiger charge is -2.43. The second-order valence-electron chi connectivity index (χ2n) is 7.80. The van der Waals surface area contributed by atoms with Crippen molar-refractivity contribution in [3.05, 3.63) is 35.4 Å². The Bertz CT molecular complexity index is 682. The normalized spacial score (nSPS) is 27.5. The number of hydrogen-bond acceptors (Lipinski definition) is 4. The van der Waals surface area contributed by atoms with Crippen molar-refractivity contribution in [1.82, 2.24) is 10.2 Å². The van der Waals surface area contributed by atoms with E-state index in [2.05, 4.69) is 16.3 Å². The van der Waals surface area contributed by atoms with Crippen LogP contribution in [0.15, 0.2) is 24.3 Å². The molecule has 1 aliphatic heterocycles. The van der Waals surface area contributed by atoms with E-state index >= 15 is 0 Å². The minimum absolute atomic E-state index is 0.0763. The Labute approximate surface area is 153 Å². The maximum absolute atomic E-state index is 12.7. The molecule has 0 bridgehead atoms. The van der Waals surface area contributed by atoms with E-state index in [-0.39, 0.29) is 24.5 Å². The number of hydrogen-bond donors (Lipinski definition) is 2. The summed E-state index contributed by atoms with van der Waals surface area (Å²) in [6.07, 6.45) is 4.38. The molecule has 0 aromatic heterocycles. The summed E-state index contributed by atoms with van der Waals surface area (Å²) >= 11 is 0. The molecule has 3 aliphatic rings. The second kappa shape index (κ2) is 7.37. The van der Waals surface area contributed by atoms with E-state index in [1.807, 2.05) is 18.2 Å². The van der Waals surface area contributed by atoms with Crippen molar-refractivity contribution in [3.8, 4) is 0 Å². The fraction of sp³-hybridized carbons (Fsp3) is 0.600. The third kappa shape index (κ3) is 3.91. The molecule has 2 fully saturated rings. The summed E-state index contributed by atoms with van der Waals surface area (Å²) in [6, 6.07) is 8.32. The molecule has 6 heteroatoms. The fourth-order valence-corrected chi connectivity index (χ4v) is 4.04. The summed E-state index contributed by atoms with van der Waals surface area (Å²) in [6.45, 7) is 1.54. The Balaban J connectivity index is 1.31. The van der Waals surface area contributed by atoms with Crippen LogP contribution in [-0.4, -0.2) is 53.7 Å². The fourth-order valence-electron chi connectivity index (χ4n) is 4.04. The van der Waals surface area contributed by atoms with E-state index in [9.17, 15) is 9.59 Å². The Morgan fingerprint density at radius 3 is 2.73 bits per heavy atom. The summed E-state index contributed by atoms with van der Waals surface area (Å²) in [7, 11) is 0. The maximum atomic E-state index is 12.7. The van der Waals surface area contributed by atoms with Crippen molar-refractivity contribution in [2.24, 2.45) is 5.92 Å². The van der Waals surface area contributed by atoms with Gasteiger partial charge in [0.1, 0.15) is 0 Å². The van der Waals surface area contributed by atoms with Gasteiger partial charge in [0.2, 0.25) is 0 Å². The molecule has 6 nitrogen and oxygen atoms in total. The number of carboxylic acids is 1. The number of nitrogens with one attached hydrogen (secondary N) is 1. The molecule has 1 atom stereocenters. The van der Waals surface area contributed by atoms with Gasteiger partial charge in [0.25, 0.3) is 5.91 Å². The standard InChI is InChI=1S/C20H26N2O4/c23-18(24)12-22(11-13-5-6-13)16-9-15(10-16)21-20(25)19-17-4-2-1-3-14(17)7-8-26-19/h1-4,13,15-16,19H,5-12H2,(H,21,25)(H,23,24). The molecule has 1 amide bonds. The number of aliphatic carboxylic acids is 1. The number of rotatable bonds is 7. The predicted octanol–water partition coefficient (Wildman–Crippen LogP) is 1.74. The summed E-state index contributed by atoms with van der Waals surface area (Å²) in [5.74, 6) is -0.187. The van der Waals surface area contributed by atoms with E-state index in [0.717, 1.165) is 31.4 Å². The summed E-state index contributed by atoms with van der Waals surface area (Å²) in [5.41, 5.74) is 2.15. The minimum atomic E-state index is -0.773. The zero-order chi connectivity index (χ0) is 18.1. The number of carbonyl (C=O) groups is 2. The molecule has 1 unspecified atom stereocenters. The van der Waals surface area contributed by atoms with Crippen LogP contribution >= 0.6 is 0 Å². The zero-order valence-corrected chi connectivity index (χ0v) is 14.9. The van der Waals surface area contributed by atoms with E-state index in [4.69, 9.17) is 9.84 Å². The molecule has 2 N–H and O–H groups in total. The van der Waals surface area contributed by atoms with Gasteiger partial charge in [-0.2, -0.15) is 0 Å². The zero-order valence-electron chi connectivity index (χ0n) is 14.9. The highest BCUT2D eigenvalue weighted by Gasteiger charge is 2.39. The first-order valence-electron chi connectivity index (χ1n) is 9.56. The molecule has 2 saturated carbocycles. The number of fused-ring (bicyclic) bond motifs is 1. The Morgan fingerprint density at radius 1 is 1.23 bits per heavy atom. The van der Waals surface area contributed by atoms with Gasteiger partial charge in [0.05, 0.1) is 13.2 Å². The van der Waals surface area contributed by atoms with E-state index in [0.29, 0.717) is 12.5 Å². The summed E-state index contributed by atoms with van der Waals surface area (Å²) < 4.78 is 5.72. The number of carboxylic acid groups (broad SMARTS) is 1. The van der Waals surface area contributed by atoms with Crippen LogP contribution in [0.5, 0.6) is 0 Å². The Morgan fingerprint density at radius 2 is 2.00 bits per heavy atom. The van der Waals surface area contributed by atoms with Gasteiger partial charge in [0.15, 0.2) is 6.10 Å². The van der Waals surface area contributed by atoms with E-state index in [1.165, 1.54) is 18.4 Å². The largest absolute Gasteiger partial charge is 0.480 e. The van der Waals surface area contributed by atoms with Gasteiger partial charge in [0, 0.05) is 18.6 Å². The van der Waals surface area contributed by atoms with Gasteiger partial charge in [-0.15, -0.1) is 0 Å². The number of nitrogens with zero attached hydrogens (tertiary/aromatic N) is 1. The monoisotopic (exact) mass is 358 g/mol. The van der Waals surface area contributed by atoms with Crippen molar-refractivity contribution in [3.63, 3.8) is 0 Å². The number of amides is 1. The van der Waals surface area contributed by atoms with Gasteiger partial charge in [-0.3, -0.25) is 14.5 Å². The van der Waals surface area contributed by atoms with E-state index < -0.39 is 12.1 Å². The number of ether oxygens (including phenoxy) is 1. The molecule has 140 valence electrons. The van der Waals surface area contributed by atoms with Crippen molar-refractivity contribution in [2.45, 2.75) is 50.3 Å². The van der Waals surface area contributed by atoms with Gasteiger partial charge in [-0.25, -0.2) is 0 Å². The first-order chi connectivity index (χ1) is 12.6. The van der Waals surface area contributed by atoms with Crippen LogP contribution < -0.4 is 5.32 Å². The SMILES string of the molecule is O=C(O)CN(CC1CC1)C1CC(NC(=O)C2OCCc3ccccc32)C1. The van der Waals surface area contributed by atoms with Crippen LogP contribution in [0, 0.1) is 5.92 Å². The summed E-state index contributed by atoms with van der Waals surface area (Å²) in [4.78, 5) is 25.9. The molecular formula is C20H26N2O4. The van der Waals surface area contributed by atoms with Crippen LogP contribution in [0.3, 0.4) is 0 Å². The van der Waals surface area contributed by atoms with Crippen molar-refractivity contribution in [2.75, 3.05) is 19.7 Å². The molecule has 2 aliphatic carbocycles. The molecule has 1 aromatic carbocycles. The minimum Gasteiger partial charge on any atom is -0.480 e. The first-order valence-corrected chi connectivity index (χ1v) is 9.56. The smallest absolute Gasteiger partial charge is 0.317 e. The molecule has 0 saturated heterocycles. The average Bonchev–Trinajstić information content (AvgIpc) is 3.40. The third-order valence-corrected chi connectivity index (χ3v) is 5.74. The van der Waals surface area contributed by atoms with Gasteiger partial charge < -0.3 is 15.2 Å². The molecule has 1 aromatic rings. The predicted molar refractivity (Wildman–Crippen MR) is 95.7 cm³/mol. The van der Waals surface area contributed by atoms with Gasteiger partial charge in [-0.1, -0.05) is 24.3 Å². The second-order valence-corrected chi connectivity index (χ2v) is 7.80. The average molecular weight is 358 g/mol.